The smallest absolute Gasteiger partial charge is 0.0445 e. The van der Waals surface area contributed by atoms with Gasteiger partial charge in [0.05, 0.1) is 0 Å². The second kappa shape index (κ2) is 5.81. The molecule has 1 aromatic heterocycles. The summed E-state index contributed by atoms with van der Waals surface area (Å²) in [5.74, 6) is 0. The van der Waals surface area contributed by atoms with Gasteiger partial charge in [-0.1, -0.05) is 49.8 Å². The molecule has 0 atom stereocenters. The van der Waals surface area contributed by atoms with Gasteiger partial charge >= 0.3 is 0 Å². The molecule has 18 heavy (non-hydrogen) atoms. The van der Waals surface area contributed by atoms with Crippen LogP contribution in [0.15, 0.2) is 42.6 Å². The molecule has 0 amide bonds. The first-order valence-corrected chi connectivity index (χ1v) is 6.72. The van der Waals surface area contributed by atoms with Crippen LogP contribution in [0.5, 0.6) is 0 Å². The largest absolute Gasteiger partial charge is 0.260 e. The Morgan fingerprint density at radius 1 is 1.28 bits per heavy atom. The molecule has 0 fully saturated rings. The van der Waals surface area contributed by atoms with Crippen molar-refractivity contribution in [2.75, 3.05) is 0 Å². The van der Waals surface area contributed by atoms with Crippen molar-refractivity contribution in [3.8, 4) is 0 Å². The van der Waals surface area contributed by atoms with E-state index in [-0.39, 0.29) is 0 Å². The zero-order valence-corrected chi connectivity index (χ0v) is 11.4. The van der Waals surface area contributed by atoms with Crippen LogP contribution in [-0.4, -0.2) is 4.98 Å². The van der Waals surface area contributed by atoms with Crippen LogP contribution in [0.2, 0.25) is 0 Å². The van der Waals surface area contributed by atoms with E-state index in [0.717, 1.165) is 12.8 Å². The molecule has 2 rings (SSSR count). The van der Waals surface area contributed by atoms with Gasteiger partial charge in [0.15, 0.2) is 0 Å². The lowest BCUT2D eigenvalue weighted by Gasteiger charge is -2.12. The van der Waals surface area contributed by atoms with E-state index in [0.29, 0.717) is 0 Å². The van der Waals surface area contributed by atoms with E-state index in [4.69, 9.17) is 0 Å². The maximum Gasteiger partial charge on any atom is 0.0445 e. The fourth-order valence-electron chi connectivity index (χ4n) is 2.32. The number of pyridine rings is 1. The monoisotopic (exact) mass is 239 g/mol. The lowest BCUT2D eigenvalue weighted by molar-refractivity contribution is 0.770. The SMILES string of the molecule is C=C(C)Cc1c(CCCC)ncc2ccccc12. The van der Waals surface area contributed by atoms with Crippen molar-refractivity contribution in [2.24, 2.45) is 0 Å². The standard InChI is InChI=1S/C17H21N/c1-4-5-10-17-16(11-13(2)3)15-9-7-6-8-14(15)12-18-17/h6-9,12H,2,4-5,10-11H2,1,3H3. The molecule has 0 aliphatic carbocycles. The van der Waals surface area contributed by atoms with Crippen molar-refractivity contribution in [1.82, 2.24) is 4.98 Å². The highest BCUT2D eigenvalue weighted by molar-refractivity contribution is 5.85. The number of hydrogen-bond donors (Lipinski definition) is 0. The van der Waals surface area contributed by atoms with Crippen molar-refractivity contribution in [2.45, 2.75) is 39.5 Å². The molecular weight excluding hydrogens is 218 g/mol. The van der Waals surface area contributed by atoms with Crippen molar-refractivity contribution in [3.63, 3.8) is 0 Å². The molecule has 1 nitrogen and oxygen atoms in total. The van der Waals surface area contributed by atoms with Crippen molar-refractivity contribution >= 4 is 10.8 Å². The van der Waals surface area contributed by atoms with Gasteiger partial charge in [-0.05, 0) is 37.1 Å². The number of aryl methyl sites for hydroxylation is 1. The Morgan fingerprint density at radius 2 is 2.06 bits per heavy atom. The third-order valence-electron chi connectivity index (χ3n) is 3.24. The average molecular weight is 239 g/mol. The first kappa shape index (κ1) is 12.8. The molecule has 0 bridgehead atoms. The summed E-state index contributed by atoms with van der Waals surface area (Å²) in [6.07, 6.45) is 6.43. The molecule has 0 N–H and O–H groups in total. The zero-order valence-electron chi connectivity index (χ0n) is 11.4. The fraction of sp³-hybridized carbons (Fsp3) is 0.353. The molecule has 1 heterocycles. The zero-order chi connectivity index (χ0) is 13.0. The maximum absolute atomic E-state index is 4.66. The van der Waals surface area contributed by atoms with Crippen molar-refractivity contribution < 1.29 is 0 Å². The molecule has 0 unspecified atom stereocenters. The number of rotatable bonds is 5. The van der Waals surface area contributed by atoms with Crippen LogP contribution in [0.1, 0.15) is 37.9 Å². The van der Waals surface area contributed by atoms with Gasteiger partial charge in [0.25, 0.3) is 0 Å². The van der Waals surface area contributed by atoms with Gasteiger partial charge in [0.1, 0.15) is 0 Å². The Hall–Kier alpha value is -1.63. The van der Waals surface area contributed by atoms with Crippen LogP contribution in [0.25, 0.3) is 10.8 Å². The molecule has 0 saturated carbocycles. The summed E-state index contributed by atoms with van der Waals surface area (Å²) >= 11 is 0. The summed E-state index contributed by atoms with van der Waals surface area (Å²) in [5.41, 5.74) is 3.82. The highest BCUT2D eigenvalue weighted by Crippen LogP contribution is 2.24. The number of unbranched alkanes of at least 4 members (excludes halogenated alkanes) is 1. The molecule has 94 valence electrons. The molecule has 2 aromatic rings. The Balaban J connectivity index is 2.51. The van der Waals surface area contributed by atoms with Crippen LogP contribution >= 0.6 is 0 Å². The van der Waals surface area contributed by atoms with Gasteiger partial charge in [0, 0.05) is 17.3 Å². The predicted molar refractivity (Wildman–Crippen MR) is 78.9 cm³/mol. The predicted octanol–water partition coefficient (Wildman–Crippen LogP) is 4.70. The quantitative estimate of drug-likeness (QED) is 0.689. The molecule has 0 saturated heterocycles. The van der Waals surface area contributed by atoms with Crippen molar-refractivity contribution in [3.05, 3.63) is 53.9 Å². The van der Waals surface area contributed by atoms with Gasteiger partial charge in [-0.2, -0.15) is 0 Å². The van der Waals surface area contributed by atoms with Gasteiger partial charge in [-0.15, -0.1) is 0 Å². The van der Waals surface area contributed by atoms with Crippen LogP contribution < -0.4 is 0 Å². The number of allylic oxidation sites excluding steroid dienone is 1. The van der Waals surface area contributed by atoms with E-state index in [1.807, 2.05) is 6.20 Å². The van der Waals surface area contributed by atoms with E-state index in [1.165, 1.54) is 40.4 Å². The third-order valence-corrected chi connectivity index (χ3v) is 3.24. The summed E-state index contributed by atoms with van der Waals surface area (Å²) in [6, 6.07) is 8.51. The average Bonchev–Trinajstić information content (AvgIpc) is 2.37. The Labute approximate surface area is 110 Å². The van der Waals surface area contributed by atoms with E-state index in [2.05, 4.69) is 49.7 Å². The van der Waals surface area contributed by atoms with Crippen LogP contribution in [-0.2, 0) is 12.8 Å². The lowest BCUT2D eigenvalue weighted by Crippen LogP contribution is -2.00. The van der Waals surface area contributed by atoms with Gasteiger partial charge < -0.3 is 0 Å². The Morgan fingerprint density at radius 3 is 2.78 bits per heavy atom. The van der Waals surface area contributed by atoms with E-state index in [1.54, 1.807) is 0 Å². The first-order chi connectivity index (χ1) is 8.72. The van der Waals surface area contributed by atoms with E-state index < -0.39 is 0 Å². The number of aromatic nitrogens is 1. The molecule has 0 aliphatic rings. The Bertz CT molecular complexity index is 555. The number of nitrogens with zero attached hydrogens (tertiary/aromatic N) is 1. The molecule has 1 heteroatoms. The molecular formula is C17H21N. The highest BCUT2D eigenvalue weighted by atomic mass is 14.7. The second-order valence-electron chi connectivity index (χ2n) is 5.01. The minimum atomic E-state index is 0.938. The molecule has 0 aliphatic heterocycles. The minimum Gasteiger partial charge on any atom is -0.260 e. The normalized spacial score (nSPS) is 10.8. The number of fused-ring (bicyclic) bond motifs is 1. The summed E-state index contributed by atoms with van der Waals surface area (Å²) in [6.45, 7) is 8.36. The van der Waals surface area contributed by atoms with Crippen molar-refractivity contribution in [1.29, 1.82) is 0 Å². The van der Waals surface area contributed by atoms with Crippen LogP contribution in [0.3, 0.4) is 0 Å². The number of hydrogen-bond acceptors (Lipinski definition) is 1. The molecule has 1 aromatic carbocycles. The van der Waals surface area contributed by atoms with Gasteiger partial charge in [-0.3, -0.25) is 4.98 Å². The highest BCUT2D eigenvalue weighted by Gasteiger charge is 2.08. The van der Waals surface area contributed by atoms with Crippen LogP contribution in [0, 0.1) is 0 Å². The van der Waals surface area contributed by atoms with Crippen LogP contribution in [0.4, 0.5) is 0 Å². The fourth-order valence-corrected chi connectivity index (χ4v) is 2.32. The minimum absolute atomic E-state index is 0.938. The number of benzene rings is 1. The van der Waals surface area contributed by atoms with E-state index in [9.17, 15) is 0 Å². The topological polar surface area (TPSA) is 12.9 Å². The summed E-state index contributed by atoms with van der Waals surface area (Å²) in [7, 11) is 0. The Kier molecular flexibility index (Phi) is 4.14. The third kappa shape index (κ3) is 2.79. The molecule has 0 radical (unpaired) electrons. The van der Waals surface area contributed by atoms with Gasteiger partial charge in [-0.25, -0.2) is 0 Å². The first-order valence-electron chi connectivity index (χ1n) is 6.72. The maximum atomic E-state index is 4.66. The molecule has 0 spiro atoms. The van der Waals surface area contributed by atoms with E-state index >= 15 is 0 Å². The van der Waals surface area contributed by atoms with Gasteiger partial charge in [0.2, 0.25) is 0 Å². The summed E-state index contributed by atoms with van der Waals surface area (Å²) in [5, 5.41) is 2.57. The second-order valence-corrected chi connectivity index (χ2v) is 5.01. The summed E-state index contributed by atoms with van der Waals surface area (Å²) < 4.78 is 0. The lowest BCUT2D eigenvalue weighted by atomic mass is 9.96. The summed E-state index contributed by atoms with van der Waals surface area (Å²) in [4.78, 5) is 4.66.